The first-order chi connectivity index (χ1) is 17.9. The Bertz CT molecular complexity index is 1330. The highest BCUT2D eigenvalue weighted by molar-refractivity contribution is 6.30. The van der Waals surface area contributed by atoms with Crippen molar-refractivity contribution >= 4 is 29.5 Å². The van der Waals surface area contributed by atoms with Crippen LogP contribution in [0.25, 0.3) is 0 Å². The molecule has 3 atom stereocenters. The molecule has 1 saturated heterocycles. The zero-order chi connectivity index (χ0) is 26.2. The van der Waals surface area contributed by atoms with Crippen LogP contribution >= 0.6 is 11.6 Å². The summed E-state index contributed by atoms with van der Waals surface area (Å²) in [4.78, 5) is 42.1. The first-order valence-corrected chi connectivity index (χ1v) is 12.5. The van der Waals surface area contributed by atoms with Crippen LogP contribution in [0.2, 0.25) is 5.02 Å². The molecule has 0 spiro atoms. The van der Waals surface area contributed by atoms with Crippen molar-refractivity contribution < 1.29 is 28.6 Å². The smallest absolute Gasteiger partial charge is 0.338 e. The Morgan fingerprint density at radius 1 is 0.919 bits per heavy atom. The Morgan fingerprint density at radius 3 is 2.11 bits per heavy atom. The van der Waals surface area contributed by atoms with Gasteiger partial charge in [-0.05, 0) is 37.1 Å². The van der Waals surface area contributed by atoms with Crippen LogP contribution in [0, 0.1) is 0 Å². The Morgan fingerprint density at radius 2 is 1.51 bits per heavy atom. The molecule has 8 heteroatoms. The molecule has 1 fully saturated rings. The summed E-state index contributed by atoms with van der Waals surface area (Å²) >= 11 is 6.22. The van der Waals surface area contributed by atoms with E-state index < -0.39 is 40.8 Å². The number of fused-ring (bicyclic) bond motifs is 3. The van der Waals surface area contributed by atoms with Gasteiger partial charge in [0.15, 0.2) is 0 Å². The van der Waals surface area contributed by atoms with Gasteiger partial charge in [-0.1, -0.05) is 78.3 Å². The van der Waals surface area contributed by atoms with Gasteiger partial charge in [-0.15, -0.1) is 0 Å². The highest BCUT2D eigenvalue weighted by Gasteiger charge is 2.76. The molecule has 7 nitrogen and oxygen atoms in total. The van der Waals surface area contributed by atoms with Crippen LogP contribution in [0.1, 0.15) is 42.5 Å². The van der Waals surface area contributed by atoms with Gasteiger partial charge in [0.1, 0.15) is 11.2 Å². The number of hydrogen-bond donors (Lipinski definition) is 1. The van der Waals surface area contributed by atoms with Crippen LogP contribution in [0.5, 0.6) is 5.75 Å². The molecule has 190 valence electrons. The molecule has 1 N–H and O–H groups in total. The van der Waals surface area contributed by atoms with E-state index in [1.807, 2.05) is 24.3 Å². The lowest BCUT2D eigenvalue weighted by atomic mass is 9.59. The fraction of sp³-hybridized carbons (Fsp3) is 0.276. The topological polar surface area (TPSA) is 90.9 Å². The molecular formula is C29H26ClNO6. The second-order valence-corrected chi connectivity index (χ2v) is 9.41. The van der Waals surface area contributed by atoms with Crippen molar-refractivity contribution in [2.45, 2.75) is 36.8 Å². The highest BCUT2D eigenvalue weighted by Crippen LogP contribution is 2.62. The molecule has 0 unspecified atom stereocenters. The largest absolute Gasteiger partial charge is 0.464 e. The van der Waals surface area contributed by atoms with Crippen molar-refractivity contribution in [2.75, 3.05) is 13.2 Å². The number of halogens is 1. The van der Waals surface area contributed by atoms with Gasteiger partial charge in [0.25, 0.3) is 0 Å². The van der Waals surface area contributed by atoms with Gasteiger partial charge in [0, 0.05) is 16.5 Å². The second kappa shape index (κ2) is 9.65. The number of nitrogens with one attached hydrogen (secondary N) is 1. The molecule has 3 aromatic carbocycles. The number of ether oxygens (including phenoxy) is 3. The maximum Gasteiger partial charge on any atom is 0.338 e. The molecule has 0 amide bonds. The number of carbonyl (C=O) groups is 3. The van der Waals surface area contributed by atoms with Crippen molar-refractivity contribution in [3.8, 4) is 5.75 Å². The molecule has 0 radical (unpaired) electrons. The monoisotopic (exact) mass is 519 g/mol. The van der Waals surface area contributed by atoms with Gasteiger partial charge in [-0.2, -0.15) is 0 Å². The van der Waals surface area contributed by atoms with Crippen LogP contribution in [0.3, 0.4) is 0 Å². The maximum absolute atomic E-state index is 14.3. The zero-order valence-electron chi connectivity index (χ0n) is 20.4. The third-order valence-electron chi connectivity index (χ3n) is 7.12. The summed E-state index contributed by atoms with van der Waals surface area (Å²) in [5.41, 5.74) is -1.82. The van der Waals surface area contributed by atoms with E-state index in [4.69, 9.17) is 25.8 Å². The summed E-state index contributed by atoms with van der Waals surface area (Å²) in [5.74, 6) is -3.07. The fourth-order valence-corrected chi connectivity index (χ4v) is 5.92. The SMILES string of the molecule is CCOC(=O)C1(C(=O)OCC)N[C@@H]2c3ccc(Cl)cc3OC(=O)[C@]2(c2ccccc2)[C@H]1c1ccccc1. The van der Waals surface area contributed by atoms with Crippen LogP contribution in [0.15, 0.2) is 78.9 Å². The third-order valence-corrected chi connectivity index (χ3v) is 7.36. The first kappa shape index (κ1) is 25.0. The van der Waals surface area contributed by atoms with E-state index in [-0.39, 0.29) is 19.0 Å². The van der Waals surface area contributed by atoms with Gasteiger partial charge in [0.2, 0.25) is 5.54 Å². The van der Waals surface area contributed by atoms with Gasteiger partial charge >= 0.3 is 17.9 Å². The molecule has 2 aliphatic rings. The second-order valence-electron chi connectivity index (χ2n) is 8.98. The van der Waals surface area contributed by atoms with E-state index in [0.717, 1.165) is 0 Å². The summed E-state index contributed by atoms with van der Waals surface area (Å²) < 4.78 is 16.9. The minimum atomic E-state index is -2.05. The highest BCUT2D eigenvalue weighted by atomic mass is 35.5. The molecule has 0 saturated carbocycles. The summed E-state index contributed by atoms with van der Waals surface area (Å²) in [6.07, 6.45) is 0. The summed E-state index contributed by atoms with van der Waals surface area (Å²) in [6.45, 7) is 3.38. The summed E-state index contributed by atoms with van der Waals surface area (Å²) in [5, 5.41) is 3.66. The molecule has 5 rings (SSSR count). The van der Waals surface area contributed by atoms with Crippen molar-refractivity contribution in [3.05, 3.63) is 101 Å². The average molecular weight is 520 g/mol. The maximum atomic E-state index is 14.3. The number of carbonyl (C=O) groups excluding carboxylic acids is 3. The number of rotatable bonds is 6. The molecule has 37 heavy (non-hydrogen) atoms. The number of benzene rings is 3. The lowest BCUT2D eigenvalue weighted by Crippen LogP contribution is -2.60. The van der Waals surface area contributed by atoms with Crippen molar-refractivity contribution in [2.24, 2.45) is 0 Å². The van der Waals surface area contributed by atoms with E-state index in [1.165, 1.54) is 0 Å². The summed E-state index contributed by atoms with van der Waals surface area (Å²) in [7, 11) is 0. The van der Waals surface area contributed by atoms with Crippen LogP contribution in [0.4, 0.5) is 0 Å². The van der Waals surface area contributed by atoms with E-state index in [9.17, 15) is 14.4 Å². The van der Waals surface area contributed by atoms with E-state index >= 15 is 0 Å². The normalized spacial score (nSPS) is 23.4. The summed E-state index contributed by atoms with van der Waals surface area (Å²) in [6, 6.07) is 22.2. The number of esters is 3. The van der Waals surface area contributed by atoms with Gasteiger partial charge in [0.05, 0.1) is 19.3 Å². The predicted octanol–water partition coefficient (Wildman–Crippen LogP) is 4.49. The lowest BCUT2D eigenvalue weighted by Gasteiger charge is -2.42. The Balaban J connectivity index is 1.91. The quantitative estimate of drug-likeness (QED) is 0.291. The Labute approximate surface area is 219 Å². The van der Waals surface area contributed by atoms with E-state index in [1.54, 1.807) is 68.4 Å². The minimum Gasteiger partial charge on any atom is -0.464 e. The fourth-order valence-electron chi connectivity index (χ4n) is 5.76. The molecule has 0 aliphatic carbocycles. The lowest BCUT2D eigenvalue weighted by molar-refractivity contribution is -0.166. The van der Waals surface area contributed by atoms with Gasteiger partial charge in [-0.25, -0.2) is 9.59 Å². The Kier molecular flexibility index (Phi) is 6.52. The van der Waals surface area contributed by atoms with Crippen LogP contribution < -0.4 is 10.1 Å². The van der Waals surface area contributed by atoms with Crippen molar-refractivity contribution in [1.29, 1.82) is 0 Å². The predicted molar refractivity (Wildman–Crippen MR) is 136 cm³/mol. The molecule has 0 bridgehead atoms. The standard InChI is InChI=1S/C29H26ClNO6/c1-3-35-26(33)29(27(34)36-4-2)23(18-11-7-5-8-12-18)28(19-13-9-6-10-14-19)24(31-29)21-16-15-20(30)17-22(21)37-25(28)32/h5-17,23-24,31H,3-4H2,1-2H3/t23-,24-,28-/m1/s1. The molecule has 0 aromatic heterocycles. The van der Waals surface area contributed by atoms with E-state index in [2.05, 4.69) is 5.32 Å². The third kappa shape index (κ3) is 3.64. The average Bonchev–Trinajstić information content (AvgIpc) is 3.25. The number of hydrogen-bond acceptors (Lipinski definition) is 7. The van der Waals surface area contributed by atoms with Gasteiger partial charge in [-0.3, -0.25) is 10.1 Å². The molecule has 2 aliphatic heterocycles. The van der Waals surface area contributed by atoms with E-state index in [0.29, 0.717) is 21.7 Å². The zero-order valence-corrected chi connectivity index (χ0v) is 21.2. The van der Waals surface area contributed by atoms with Crippen molar-refractivity contribution in [3.63, 3.8) is 0 Å². The minimum absolute atomic E-state index is 0.0306. The Hall–Kier alpha value is -3.68. The van der Waals surface area contributed by atoms with Crippen LogP contribution in [-0.4, -0.2) is 36.7 Å². The molecule has 3 aromatic rings. The van der Waals surface area contributed by atoms with Crippen LogP contribution in [-0.2, 0) is 29.3 Å². The molecular weight excluding hydrogens is 494 g/mol. The first-order valence-electron chi connectivity index (χ1n) is 12.2. The molecule has 2 heterocycles. The van der Waals surface area contributed by atoms with Crippen molar-refractivity contribution in [1.82, 2.24) is 5.32 Å². The van der Waals surface area contributed by atoms with Gasteiger partial charge < -0.3 is 14.2 Å².